The molecule has 0 aliphatic carbocycles. The lowest BCUT2D eigenvalue weighted by Crippen LogP contribution is -2.48. The van der Waals surface area contributed by atoms with E-state index in [0.29, 0.717) is 11.4 Å². The standard InChI is InChI=1S/C18H20N2O2S/c1-12-7-8-14(17(19)21)10-20(12)18(22)16-9-15(11-23-16)13-5-3-2-4-6-13/h2-6,9,11-12,14H,7-8,10H2,1H3,(H2,19,21)/t12-,14-/m0/s1. The first kappa shape index (κ1) is 15.7. The van der Waals surface area contributed by atoms with E-state index in [4.69, 9.17) is 5.73 Å². The van der Waals surface area contributed by atoms with Crippen LogP contribution in [0, 0.1) is 5.92 Å². The zero-order valence-electron chi connectivity index (χ0n) is 13.1. The first-order valence-electron chi connectivity index (χ1n) is 7.80. The topological polar surface area (TPSA) is 63.4 Å². The predicted molar refractivity (Wildman–Crippen MR) is 92.2 cm³/mol. The van der Waals surface area contributed by atoms with E-state index < -0.39 is 0 Å². The van der Waals surface area contributed by atoms with Crippen LogP contribution in [0.2, 0.25) is 0 Å². The highest BCUT2D eigenvalue weighted by Crippen LogP contribution is 2.29. The van der Waals surface area contributed by atoms with Crippen LogP contribution in [-0.4, -0.2) is 29.3 Å². The number of primary amides is 1. The van der Waals surface area contributed by atoms with Gasteiger partial charge in [0, 0.05) is 12.6 Å². The molecule has 2 heterocycles. The maximum absolute atomic E-state index is 12.8. The highest BCUT2D eigenvalue weighted by atomic mass is 32.1. The Balaban J connectivity index is 1.80. The molecule has 2 aromatic rings. The Labute approximate surface area is 139 Å². The molecule has 2 N–H and O–H groups in total. The van der Waals surface area contributed by atoms with Gasteiger partial charge in [-0.2, -0.15) is 0 Å². The predicted octanol–water partition coefficient (Wildman–Crippen LogP) is 3.14. The van der Waals surface area contributed by atoms with E-state index in [-0.39, 0.29) is 23.8 Å². The van der Waals surface area contributed by atoms with Gasteiger partial charge in [0.1, 0.15) is 0 Å². The van der Waals surface area contributed by atoms with E-state index in [1.807, 2.05) is 48.7 Å². The van der Waals surface area contributed by atoms with Gasteiger partial charge in [0.25, 0.3) is 5.91 Å². The van der Waals surface area contributed by atoms with Crippen molar-refractivity contribution in [3.63, 3.8) is 0 Å². The SMILES string of the molecule is C[C@H]1CC[C@H](C(N)=O)CN1C(=O)c1cc(-c2ccccc2)cs1. The van der Waals surface area contributed by atoms with E-state index in [2.05, 4.69) is 0 Å². The Kier molecular flexibility index (Phi) is 4.48. The van der Waals surface area contributed by atoms with Gasteiger partial charge in [0.05, 0.1) is 10.8 Å². The molecule has 0 saturated carbocycles. The van der Waals surface area contributed by atoms with E-state index in [0.717, 1.165) is 24.0 Å². The molecule has 1 fully saturated rings. The summed E-state index contributed by atoms with van der Waals surface area (Å²) in [6.07, 6.45) is 1.58. The van der Waals surface area contributed by atoms with Crippen LogP contribution in [0.4, 0.5) is 0 Å². The average molecular weight is 328 g/mol. The Morgan fingerprint density at radius 1 is 1.17 bits per heavy atom. The van der Waals surface area contributed by atoms with E-state index >= 15 is 0 Å². The highest BCUT2D eigenvalue weighted by Gasteiger charge is 2.32. The minimum absolute atomic E-state index is 0.00405. The summed E-state index contributed by atoms with van der Waals surface area (Å²) in [4.78, 5) is 26.7. The summed E-state index contributed by atoms with van der Waals surface area (Å²) in [6, 6.07) is 12.1. The maximum atomic E-state index is 12.8. The number of thiophene rings is 1. The second kappa shape index (κ2) is 6.54. The summed E-state index contributed by atoms with van der Waals surface area (Å²) in [6.45, 7) is 2.45. The van der Waals surface area contributed by atoms with Crippen molar-refractivity contribution < 1.29 is 9.59 Å². The number of carbonyl (C=O) groups excluding carboxylic acids is 2. The van der Waals surface area contributed by atoms with Crippen molar-refractivity contribution in [1.29, 1.82) is 0 Å². The minimum atomic E-state index is -0.314. The normalized spacial score (nSPS) is 21.2. The lowest BCUT2D eigenvalue weighted by Gasteiger charge is -2.36. The van der Waals surface area contributed by atoms with Gasteiger partial charge in [-0.25, -0.2) is 0 Å². The Hall–Kier alpha value is -2.14. The van der Waals surface area contributed by atoms with Crippen LogP contribution in [0.15, 0.2) is 41.8 Å². The summed E-state index contributed by atoms with van der Waals surface area (Å²) in [5.41, 5.74) is 7.57. The molecule has 2 atom stereocenters. The van der Waals surface area contributed by atoms with Crippen molar-refractivity contribution >= 4 is 23.2 Å². The van der Waals surface area contributed by atoms with Gasteiger partial charge in [-0.15, -0.1) is 11.3 Å². The molecular weight excluding hydrogens is 308 g/mol. The smallest absolute Gasteiger partial charge is 0.264 e. The molecule has 4 nitrogen and oxygen atoms in total. The number of hydrogen-bond donors (Lipinski definition) is 1. The summed E-state index contributed by atoms with van der Waals surface area (Å²) in [5.74, 6) is -0.551. The first-order chi connectivity index (χ1) is 11.1. The third-order valence-corrected chi connectivity index (χ3v) is 5.38. The fraction of sp³-hybridized carbons (Fsp3) is 0.333. The molecule has 0 radical (unpaired) electrons. The third-order valence-electron chi connectivity index (χ3n) is 4.46. The lowest BCUT2D eigenvalue weighted by atomic mass is 9.93. The second-order valence-corrected chi connectivity index (χ2v) is 6.96. The molecule has 0 unspecified atom stereocenters. The molecule has 0 spiro atoms. The van der Waals surface area contributed by atoms with Crippen molar-refractivity contribution in [2.24, 2.45) is 11.7 Å². The number of likely N-dealkylation sites (tertiary alicyclic amines) is 1. The van der Waals surface area contributed by atoms with Gasteiger partial charge in [-0.3, -0.25) is 9.59 Å². The lowest BCUT2D eigenvalue weighted by molar-refractivity contribution is -0.123. The van der Waals surface area contributed by atoms with Crippen LogP contribution in [0.1, 0.15) is 29.4 Å². The fourth-order valence-corrected chi connectivity index (χ4v) is 3.87. The van der Waals surface area contributed by atoms with Crippen LogP contribution in [0.5, 0.6) is 0 Å². The van der Waals surface area contributed by atoms with Gasteiger partial charge < -0.3 is 10.6 Å². The molecule has 1 aliphatic heterocycles. The zero-order chi connectivity index (χ0) is 16.4. The number of nitrogens with zero attached hydrogens (tertiary/aromatic N) is 1. The van der Waals surface area contributed by atoms with Crippen LogP contribution in [0.3, 0.4) is 0 Å². The largest absolute Gasteiger partial charge is 0.369 e. The van der Waals surface area contributed by atoms with Crippen LogP contribution in [-0.2, 0) is 4.79 Å². The molecule has 120 valence electrons. The van der Waals surface area contributed by atoms with Gasteiger partial charge in [-0.1, -0.05) is 30.3 Å². The van der Waals surface area contributed by atoms with E-state index in [1.54, 1.807) is 4.90 Å². The van der Waals surface area contributed by atoms with Crippen molar-refractivity contribution in [1.82, 2.24) is 4.90 Å². The number of carbonyl (C=O) groups is 2. The number of amides is 2. The van der Waals surface area contributed by atoms with Gasteiger partial charge >= 0.3 is 0 Å². The molecule has 1 saturated heterocycles. The molecule has 0 bridgehead atoms. The van der Waals surface area contributed by atoms with Crippen molar-refractivity contribution in [2.45, 2.75) is 25.8 Å². The molecule has 2 amide bonds. The van der Waals surface area contributed by atoms with E-state index in [1.165, 1.54) is 11.3 Å². The Morgan fingerprint density at radius 3 is 2.61 bits per heavy atom. The molecule has 1 aromatic carbocycles. The number of hydrogen-bond acceptors (Lipinski definition) is 3. The average Bonchev–Trinajstić information content (AvgIpc) is 3.05. The Morgan fingerprint density at radius 2 is 1.91 bits per heavy atom. The number of benzene rings is 1. The van der Waals surface area contributed by atoms with Gasteiger partial charge in [0.2, 0.25) is 5.91 Å². The number of piperidine rings is 1. The number of rotatable bonds is 3. The molecule has 23 heavy (non-hydrogen) atoms. The minimum Gasteiger partial charge on any atom is -0.369 e. The van der Waals surface area contributed by atoms with Crippen LogP contribution < -0.4 is 5.73 Å². The van der Waals surface area contributed by atoms with Crippen molar-refractivity contribution in [2.75, 3.05) is 6.54 Å². The Bertz CT molecular complexity index is 711. The third kappa shape index (κ3) is 3.29. The molecule has 5 heteroatoms. The monoisotopic (exact) mass is 328 g/mol. The molecule has 1 aromatic heterocycles. The molecular formula is C18H20N2O2S. The summed E-state index contributed by atoms with van der Waals surface area (Å²) in [5, 5.41) is 2.00. The van der Waals surface area contributed by atoms with Gasteiger partial charge in [0.15, 0.2) is 0 Å². The zero-order valence-corrected chi connectivity index (χ0v) is 13.9. The molecule has 3 rings (SSSR count). The fourth-order valence-electron chi connectivity index (χ4n) is 2.99. The van der Waals surface area contributed by atoms with Crippen LogP contribution in [0.25, 0.3) is 11.1 Å². The first-order valence-corrected chi connectivity index (χ1v) is 8.68. The second-order valence-electron chi connectivity index (χ2n) is 6.05. The summed E-state index contributed by atoms with van der Waals surface area (Å²) >= 11 is 1.45. The van der Waals surface area contributed by atoms with Crippen molar-refractivity contribution in [3.8, 4) is 11.1 Å². The maximum Gasteiger partial charge on any atom is 0.264 e. The summed E-state index contributed by atoms with van der Waals surface area (Å²) in [7, 11) is 0. The number of nitrogens with two attached hydrogens (primary N) is 1. The highest BCUT2D eigenvalue weighted by molar-refractivity contribution is 7.12. The van der Waals surface area contributed by atoms with Crippen LogP contribution >= 0.6 is 11.3 Å². The van der Waals surface area contributed by atoms with Crippen molar-refractivity contribution in [3.05, 3.63) is 46.7 Å². The van der Waals surface area contributed by atoms with E-state index in [9.17, 15) is 9.59 Å². The summed E-state index contributed by atoms with van der Waals surface area (Å²) < 4.78 is 0. The quantitative estimate of drug-likeness (QED) is 0.941. The van der Waals surface area contributed by atoms with Gasteiger partial charge in [-0.05, 0) is 42.3 Å². The molecule has 1 aliphatic rings.